The van der Waals surface area contributed by atoms with Crippen molar-refractivity contribution in [3.05, 3.63) is 23.8 Å². The van der Waals surface area contributed by atoms with Crippen molar-refractivity contribution in [2.24, 2.45) is 0 Å². The summed E-state index contributed by atoms with van der Waals surface area (Å²) in [6.45, 7) is 1.88. The van der Waals surface area contributed by atoms with Crippen molar-refractivity contribution >= 4 is 10.1 Å². The van der Waals surface area contributed by atoms with E-state index in [-0.39, 0.29) is 0 Å². The summed E-state index contributed by atoms with van der Waals surface area (Å²) in [7, 11) is -3.36. The lowest BCUT2D eigenvalue weighted by molar-refractivity contribution is 0.442. The van der Waals surface area contributed by atoms with Gasteiger partial charge < -0.3 is 4.18 Å². The van der Waals surface area contributed by atoms with Crippen LogP contribution in [0.15, 0.2) is 23.1 Å². The average molecular weight is 170 g/mol. The van der Waals surface area contributed by atoms with Gasteiger partial charge >= 0.3 is 10.1 Å². The first kappa shape index (κ1) is 6.67. The Hall–Kier alpha value is -1.03. The maximum Gasteiger partial charge on any atom is 0.343 e. The molecule has 0 aromatic heterocycles. The van der Waals surface area contributed by atoms with Gasteiger partial charge in [-0.2, -0.15) is 8.42 Å². The second-order valence-electron chi connectivity index (χ2n) is 2.49. The fourth-order valence-corrected chi connectivity index (χ4v) is 1.94. The number of rotatable bonds is 0. The predicted molar refractivity (Wildman–Crippen MR) is 39.0 cm³/mol. The highest BCUT2D eigenvalue weighted by Gasteiger charge is 2.32. The topological polar surface area (TPSA) is 43.4 Å². The zero-order valence-corrected chi connectivity index (χ0v) is 6.68. The quantitative estimate of drug-likeness (QED) is 0.547. The Morgan fingerprint density at radius 3 is 2.64 bits per heavy atom. The molecule has 1 aromatic rings. The van der Waals surface area contributed by atoms with E-state index in [2.05, 4.69) is 4.18 Å². The van der Waals surface area contributed by atoms with Crippen LogP contribution in [0.5, 0.6) is 5.75 Å². The molecule has 4 heteroatoms. The Labute approximate surface area is 64.7 Å². The molecule has 0 saturated heterocycles. The number of hydrogen-bond donors (Lipinski definition) is 0. The van der Waals surface area contributed by atoms with Crippen LogP contribution in [0, 0.1) is 6.92 Å². The summed E-state index contributed by atoms with van der Waals surface area (Å²) in [5.41, 5.74) is 0.999. The fraction of sp³-hybridized carbons (Fsp3) is 0.143. The van der Waals surface area contributed by atoms with Crippen molar-refractivity contribution < 1.29 is 12.6 Å². The third-order valence-corrected chi connectivity index (χ3v) is 2.84. The van der Waals surface area contributed by atoms with Crippen molar-refractivity contribution in [2.75, 3.05) is 0 Å². The van der Waals surface area contributed by atoms with E-state index in [0.717, 1.165) is 5.56 Å². The zero-order chi connectivity index (χ0) is 8.06. The van der Waals surface area contributed by atoms with E-state index in [1.165, 1.54) is 0 Å². The molecule has 0 fully saturated rings. The highest BCUT2D eigenvalue weighted by atomic mass is 32.2. The molecule has 1 aromatic carbocycles. The van der Waals surface area contributed by atoms with Crippen molar-refractivity contribution in [3.8, 4) is 5.75 Å². The molecule has 0 unspecified atom stereocenters. The molecule has 0 saturated carbocycles. The summed E-state index contributed by atoms with van der Waals surface area (Å²) in [6, 6.07) is 5.01. The van der Waals surface area contributed by atoms with Crippen LogP contribution in [-0.4, -0.2) is 8.42 Å². The summed E-state index contributed by atoms with van der Waals surface area (Å²) in [5, 5.41) is 0. The Kier molecular flexibility index (Phi) is 1.07. The van der Waals surface area contributed by atoms with Crippen LogP contribution in [0.1, 0.15) is 5.56 Å². The maximum atomic E-state index is 10.8. The maximum absolute atomic E-state index is 10.8. The number of hydrogen-bond acceptors (Lipinski definition) is 3. The Balaban J connectivity index is 2.69. The van der Waals surface area contributed by atoms with E-state index in [4.69, 9.17) is 0 Å². The highest BCUT2D eigenvalue weighted by Crippen LogP contribution is 2.36. The van der Waals surface area contributed by atoms with Gasteiger partial charge in [0.2, 0.25) is 0 Å². The third kappa shape index (κ3) is 0.826. The standard InChI is InChI=1S/C7H6O3S/c1-5-2-3-7-6(4-5)10-11(7,8)9/h2-4H,1H3. The van der Waals surface area contributed by atoms with E-state index >= 15 is 0 Å². The van der Waals surface area contributed by atoms with Gasteiger partial charge in [-0.1, -0.05) is 6.07 Å². The lowest BCUT2D eigenvalue weighted by Gasteiger charge is -2.18. The van der Waals surface area contributed by atoms with Gasteiger partial charge in [0.05, 0.1) is 0 Å². The number of benzene rings is 1. The summed E-state index contributed by atoms with van der Waals surface area (Å²) in [4.78, 5) is 0.295. The van der Waals surface area contributed by atoms with E-state index in [0.29, 0.717) is 10.6 Å². The molecule has 0 radical (unpaired) electrons. The minimum Gasteiger partial charge on any atom is -0.377 e. The van der Waals surface area contributed by atoms with Crippen LogP contribution in [0.25, 0.3) is 0 Å². The zero-order valence-electron chi connectivity index (χ0n) is 5.87. The van der Waals surface area contributed by atoms with E-state index < -0.39 is 10.1 Å². The number of aryl methyl sites for hydroxylation is 1. The third-order valence-electron chi connectivity index (χ3n) is 1.57. The lowest BCUT2D eigenvalue weighted by atomic mass is 10.2. The molecule has 3 nitrogen and oxygen atoms in total. The molecule has 1 aliphatic heterocycles. The normalized spacial score (nSPS) is 17.9. The van der Waals surface area contributed by atoms with Gasteiger partial charge in [-0.05, 0) is 24.6 Å². The fourth-order valence-electron chi connectivity index (χ4n) is 1.02. The Bertz CT molecular complexity index is 406. The molecule has 11 heavy (non-hydrogen) atoms. The molecule has 2 rings (SSSR count). The van der Waals surface area contributed by atoms with Gasteiger partial charge in [0.15, 0.2) is 5.75 Å². The molecule has 0 atom stereocenters. The molecular formula is C7H6O3S. The van der Waals surface area contributed by atoms with Crippen LogP contribution in [-0.2, 0) is 10.1 Å². The predicted octanol–water partition coefficient (Wildman–Crippen LogP) is 1.08. The molecule has 58 valence electrons. The summed E-state index contributed by atoms with van der Waals surface area (Å²) < 4.78 is 26.1. The molecule has 0 aliphatic carbocycles. The molecular weight excluding hydrogens is 164 g/mol. The van der Waals surface area contributed by atoms with Gasteiger partial charge in [0.25, 0.3) is 0 Å². The van der Waals surface area contributed by atoms with Crippen molar-refractivity contribution in [1.29, 1.82) is 0 Å². The van der Waals surface area contributed by atoms with Crippen molar-refractivity contribution in [3.63, 3.8) is 0 Å². The van der Waals surface area contributed by atoms with Gasteiger partial charge in [-0.15, -0.1) is 0 Å². The Morgan fingerprint density at radius 2 is 2.09 bits per heavy atom. The van der Waals surface area contributed by atoms with Crippen molar-refractivity contribution in [1.82, 2.24) is 0 Å². The lowest BCUT2D eigenvalue weighted by Crippen LogP contribution is -2.20. The molecule has 0 N–H and O–H groups in total. The molecule has 1 heterocycles. The van der Waals surface area contributed by atoms with Crippen LogP contribution in [0.4, 0.5) is 0 Å². The molecule has 0 bridgehead atoms. The van der Waals surface area contributed by atoms with E-state index in [1.54, 1.807) is 18.2 Å². The second-order valence-corrected chi connectivity index (χ2v) is 4.00. The average Bonchev–Trinajstić information content (AvgIpc) is 1.85. The molecule has 0 spiro atoms. The largest absolute Gasteiger partial charge is 0.377 e. The van der Waals surface area contributed by atoms with E-state index in [9.17, 15) is 8.42 Å². The second kappa shape index (κ2) is 1.76. The summed E-state index contributed by atoms with van der Waals surface area (Å²) >= 11 is 0. The summed E-state index contributed by atoms with van der Waals surface area (Å²) in [5.74, 6) is 0.463. The van der Waals surface area contributed by atoms with Crippen LogP contribution in [0.3, 0.4) is 0 Å². The van der Waals surface area contributed by atoms with Crippen molar-refractivity contribution in [2.45, 2.75) is 11.8 Å². The SMILES string of the molecule is Cc1ccc2c(c1)OS2(=O)=O. The monoisotopic (exact) mass is 170 g/mol. The summed E-state index contributed by atoms with van der Waals surface area (Å²) in [6.07, 6.45) is 0. The first-order chi connectivity index (χ1) is 5.09. The van der Waals surface area contributed by atoms with Crippen LogP contribution >= 0.6 is 0 Å². The van der Waals surface area contributed by atoms with Gasteiger partial charge in [-0.25, -0.2) is 0 Å². The highest BCUT2D eigenvalue weighted by molar-refractivity contribution is 7.88. The Morgan fingerprint density at radius 1 is 1.36 bits per heavy atom. The van der Waals surface area contributed by atoms with Gasteiger partial charge in [0, 0.05) is 0 Å². The smallest absolute Gasteiger partial charge is 0.343 e. The van der Waals surface area contributed by atoms with Crippen LogP contribution < -0.4 is 4.18 Å². The minimum atomic E-state index is -3.36. The van der Waals surface area contributed by atoms with Gasteiger partial charge in [-0.3, -0.25) is 0 Å². The van der Waals surface area contributed by atoms with E-state index in [1.807, 2.05) is 6.92 Å². The molecule has 1 aliphatic rings. The van der Waals surface area contributed by atoms with Crippen LogP contribution in [0.2, 0.25) is 0 Å². The number of fused-ring (bicyclic) bond motifs is 1. The molecule has 0 amide bonds. The minimum absolute atomic E-state index is 0.295. The first-order valence-corrected chi connectivity index (χ1v) is 4.55. The van der Waals surface area contributed by atoms with Gasteiger partial charge in [0.1, 0.15) is 4.90 Å². The first-order valence-electron chi connectivity index (χ1n) is 3.15.